The second-order valence-electron chi connectivity index (χ2n) is 3.70. The highest BCUT2D eigenvalue weighted by Crippen LogP contribution is 2.05. The topological polar surface area (TPSA) is 28.7 Å². The molecule has 1 aromatic heterocycles. The van der Waals surface area contributed by atoms with Crippen molar-refractivity contribution < 1.29 is 0 Å². The predicted octanol–water partition coefficient (Wildman–Crippen LogP) is 2.56. The zero-order chi connectivity index (χ0) is 8.97. The summed E-state index contributed by atoms with van der Waals surface area (Å²) < 4.78 is 0. The lowest BCUT2D eigenvalue weighted by Gasteiger charge is -1.99. The van der Waals surface area contributed by atoms with Gasteiger partial charge in [-0.2, -0.15) is 0 Å². The van der Waals surface area contributed by atoms with Crippen LogP contribution in [0.15, 0.2) is 6.20 Å². The molecule has 0 unspecified atom stereocenters. The Kier molecular flexibility index (Phi) is 3.32. The van der Waals surface area contributed by atoms with Gasteiger partial charge in [-0.3, -0.25) is 0 Å². The molecule has 2 nitrogen and oxygen atoms in total. The monoisotopic (exact) mass is 166 g/mol. The van der Waals surface area contributed by atoms with Crippen molar-refractivity contribution in [1.29, 1.82) is 0 Å². The lowest BCUT2D eigenvalue weighted by molar-refractivity contribution is 0.624. The van der Waals surface area contributed by atoms with Gasteiger partial charge in [-0.1, -0.05) is 27.2 Å². The van der Waals surface area contributed by atoms with E-state index in [2.05, 4.69) is 30.7 Å². The Bertz CT molecular complexity index is 225. The third-order valence-electron chi connectivity index (χ3n) is 1.80. The van der Waals surface area contributed by atoms with E-state index < -0.39 is 0 Å². The molecule has 0 saturated carbocycles. The molecule has 1 N–H and O–H groups in total. The highest BCUT2D eigenvalue weighted by atomic mass is 14.9. The van der Waals surface area contributed by atoms with Gasteiger partial charge in [0, 0.05) is 18.3 Å². The number of imidazole rings is 1. The van der Waals surface area contributed by atoms with Gasteiger partial charge in [-0.25, -0.2) is 4.98 Å². The molecular weight excluding hydrogens is 148 g/mol. The smallest absolute Gasteiger partial charge is 0.106 e. The van der Waals surface area contributed by atoms with Gasteiger partial charge in [-0.05, 0) is 12.3 Å². The summed E-state index contributed by atoms with van der Waals surface area (Å²) >= 11 is 0. The van der Waals surface area contributed by atoms with E-state index in [9.17, 15) is 0 Å². The summed E-state index contributed by atoms with van der Waals surface area (Å²) in [7, 11) is 0. The van der Waals surface area contributed by atoms with E-state index in [0.29, 0.717) is 5.92 Å². The zero-order valence-electron chi connectivity index (χ0n) is 8.22. The molecule has 1 rings (SSSR count). The molecule has 68 valence electrons. The van der Waals surface area contributed by atoms with E-state index in [4.69, 9.17) is 0 Å². The van der Waals surface area contributed by atoms with Gasteiger partial charge in [0.25, 0.3) is 0 Å². The molecule has 0 aliphatic carbocycles. The number of aryl methyl sites for hydroxylation is 1. The molecule has 2 heteroatoms. The van der Waals surface area contributed by atoms with Crippen molar-refractivity contribution in [3.8, 4) is 0 Å². The van der Waals surface area contributed by atoms with Crippen LogP contribution >= 0.6 is 0 Å². The first kappa shape index (κ1) is 9.30. The first-order valence-electron chi connectivity index (χ1n) is 4.75. The molecule has 0 aliphatic heterocycles. The Morgan fingerprint density at radius 3 is 2.83 bits per heavy atom. The minimum atomic E-state index is 0.686. The second kappa shape index (κ2) is 4.29. The summed E-state index contributed by atoms with van der Waals surface area (Å²) in [6.07, 6.45) is 5.32. The first-order valence-corrected chi connectivity index (χ1v) is 4.75. The number of nitrogens with one attached hydrogen (secondary N) is 1. The fourth-order valence-corrected chi connectivity index (χ4v) is 1.29. The van der Waals surface area contributed by atoms with Gasteiger partial charge in [0.1, 0.15) is 5.82 Å². The average molecular weight is 166 g/mol. The highest BCUT2D eigenvalue weighted by Gasteiger charge is 2.01. The molecule has 0 fully saturated rings. The number of aromatic amines is 1. The Morgan fingerprint density at radius 2 is 2.25 bits per heavy atom. The van der Waals surface area contributed by atoms with E-state index in [1.165, 1.54) is 12.1 Å². The summed E-state index contributed by atoms with van der Waals surface area (Å²) in [5.74, 6) is 1.82. The Labute approximate surface area is 74.4 Å². The van der Waals surface area contributed by atoms with E-state index in [0.717, 1.165) is 18.7 Å². The molecule has 0 bridgehead atoms. The van der Waals surface area contributed by atoms with Gasteiger partial charge < -0.3 is 4.98 Å². The van der Waals surface area contributed by atoms with Gasteiger partial charge in [-0.15, -0.1) is 0 Å². The van der Waals surface area contributed by atoms with Crippen LogP contribution in [-0.2, 0) is 12.8 Å². The zero-order valence-corrected chi connectivity index (χ0v) is 8.22. The normalized spacial score (nSPS) is 11.0. The molecule has 1 heterocycles. The lowest BCUT2D eigenvalue weighted by atomic mass is 10.1. The van der Waals surface area contributed by atoms with Crippen molar-refractivity contribution in [2.45, 2.75) is 40.0 Å². The third-order valence-corrected chi connectivity index (χ3v) is 1.80. The van der Waals surface area contributed by atoms with Gasteiger partial charge in [0.15, 0.2) is 0 Å². The summed E-state index contributed by atoms with van der Waals surface area (Å²) in [5.41, 5.74) is 1.27. The molecule has 0 amide bonds. The highest BCUT2D eigenvalue weighted by molar-refractivity contribution is 5.01. The lowest BCUT2D eigenvalue weighted by Crippen LogP contribution is -1.96. The average Bonchev–Trinajstić information content (AvgIpc) is 2.36. The van der Waals surface area contributed by atoms with Crippen molar-refractivity contribution >= 4 is 0 Å². The molecule has 0 aromatic carbocycles. The van der Waals surface area contributed by atoms with Crippen LogP contribution in [0, 0.1) is 5.92 Å². The molecule has 12 heavy (non-hydrogen) atoms. The summed E-state index contributed by atoms with van der Waals surface area (Å²) in [5, 5.41) is 0. The first-order chi connectivity index (χ1) is 5.72. The van der Waals surface area contributed by atoms with Crippen molar-refractivity contribution in [1.82, 2.24) is 9.97 Å². The van der Waals surface area contributed by atoms with Crippen LogP contribution in [0.3, 0.4) is 0 Å². The summed E-state index contributed by atoms with van der Waals surface area (Å²) in [4.78, 5) is 7.65. The number of aromatic nitrogens is 2. The SMILES string of the molecule is CCCc1cnc(CC(C)C)[nH]1. The molecule has 0 atom stereocenters. The van der Waals surface area contributed by atoms with E-state index >= 15 is 0 Å². The molecule has 1 aromatic rings. The fraction of sp³-hybridized carbons (Fsp3) is 0.700. The van der Waals surface area contributed by atoms with Crippen LogP contribution in [0.25, 0.3) is 0 Å². The maximum Gasteiger partial charge on any atom is 0.106 e. The molecule has 0 radical (unpaired) electrons. The number of hydrogen-bond acceptors (Lipinski definition) is 1. The number of nitrogens with zero attached hydrogens (tertiary/aromatic N) is 1. The molecule has 0 spiro atoms. The van der Waals surface area contributed by atoms with Crippen LogP contribution in [0.1, 0.15) is 38.7 Å². The fourth-order valence-electron chi connectivity index (χ4n) is 1.29. The summed E-state index contributed by atoms with van der Waals surface area (Å²) in [6.45, 7) is 6.60. The van der Waals surface area contributed by atoms with Crippen molar-refractivity contribution in [2.24, 2.45) is 5.92 Å². The Balaban J connectivity index is 2.52. The number of H-pyrrole nitrogens is 1. The molecular formula is C10H18N2. The Morgan fingerprint density at radius 1 is 1.50 bits per heavy atom. The van der Waals surface area contributed by atoms with Crippen LogP contribution in [0.4, 0.5) is 0 Å². The number of rotatable bonds is 4. The van der Waals surface area contributed by atoms with Crippen LogP contribution < -0.4 is 0 Å². The van der Waals surface area contributed by atoms with Crippen LogP contribution in [0.2, 0.25) is 0 Å². The van der Waals surface area contributed by atoms with E-state index in [1.807, 2.05) is 6.20 Å². The van der Waals surface area contributed by atoms with E-state index in [1.54, 1.807) is 0 Å². The minimum Gasteiger partial charge on any atom is -0.346 e. The molecule has 0 saturated heterocycles. The second-order valence-corrected chi connectivity index (χ2v) is 3.70. The van der Waals surface area contributed by atoms with Crippen molar-refractivity contribution in [3.63, 3.8) is 0 Å². The maximum absolute atomic E-state index is 4.32. The molecule has 0 aliphatic rings. The quantitative estimate of drug-likeness (QED) is 0.731. The van der Waals surface area contributed by atoms with Crippen molar-refractivity contribution in [2.75, 3.05) is 0 Å². The maximum atomic E-state index is 4.32. The third kappa shape index (κ3) is 2.68. The largest absolute Gasteiger partial charge is 0.346 e. The minimum absolute atomic E-state index is 0.686. The van der Waals surface area contributed by atoms with Gasteiger partial charge in [0.05, 0.1) is 0 Å². The van der Waals surface area contributed by atoms with Crippen LogP contribution in [-0.4, -0.2) is 9.97 Å². The predicted molar refractivity (Wildman–Crippen MR) is 51.1 cm³/mol. The van der Waals surface area contributed by atoms with Gasteiger partial charge >= 0.3 is 0 Å². The Hall–Kier alpha value is -0.790. The van der Waals surface area contributed by atoms with Crippen molar-refractivity contribution in [3.05, 3.63) is 17.7 Å². The van der Waals surface area contributed by atoms with Gasteiger partial charge in [0.2, 0.25) is 0 Å². The summed E-state index contributed by atoms with van der Waals surface area (Å²) in [6, 6.07) is 0. The standard InChI is InChI=1S/C10H18N2/c1-4-5-9-7-11-10(12-9)6-8(2)3/h7-8H,4-6H2,1-3H3,(H,11,12). The van der Waals surface area contributed by atoms with Crippen LogP contribution in [0.5, 0.6) is 0 Å². The number of hydrogen-bond donors (Lipinski definition) is 1. The van der Waals surface area contributed by atoms with E-state index in [-0.39, 0.29) is 0 Å².